The zero-order valence-corrected chi connectivity index (χ0v) is 10.5. The van der Waals surface area contributed by atoms with Crippen molar-refractivity contribution >= 4 is 0 Å². The van der Waals surface area contributed by atoms with E-state index in [-0.39, 0.29) is 0 Å². The van der Waals surface area contributed by atoms with Crippen LogP contribution in [0.1, 0.15) is 18.1 Å². The molecule has 1 aromatic rings. The van der Waals surface area contributed by atoms with Crippen molar-refractivity contribution in [2.75, 3.05) is 26.2 Å². The minimum Gasteiger partial charge on any atom is -0.314 e. The first-order valence-corrected chi connectivity index (χ1v) is 6.08. The van der Waals surface area contributed by atoms with E-state index in [1.54, 1.807) is 12.1 Å². The summed E-state index contributed by atoms with van der Waals surface area (Å²) in [6, 6.07) is 11.8. The first-order chi connectivity index (χ1) is 8.70. The van der Waals surface area contributed by atoms with E-state index in [2.05, 4.69) is 22.4 Å². The van der Waals surface area contributed by atoms with Gasteiger partial charge in [-0.1, -0.05) is 12.1 Å². The van der Waals surface area contributed by atoms with Gasteiger partial charge in [-0.05, 0) is 24.6 Å². The van der Waals surface area contributed by atoms with E-state index in [1.165, 1.54) is 0 Å². The molecule has 1 unspecified atom stereocenters. The summed E-state index contributed by atoms with van der Waals surface area (Å²) in [6.45, 7) is 5.49. The van der Waals surface area contributed by atoms with Crippen LogP contribution in [0.3, 0.4) is 0 Å². The highest BCUT2D eigenvalue weighted by Crippen LogP contribution is 2.28. The Kier molecular flexibility index (Phi) is 3.62. The lowest BCUT2D eigenvalue weighted by molar-refractivity contribution is 0.132. The Labute approximate surface area is 107 Å². The van der Waals surface area contributed by atoms with Gasteiger partial charge >= 0.3 is 0 Å². The van der Waals surface area contributed by atoms with Gasteiger partial charge in [0.05, 0.1) is 17.7 Å². The smallest absolute Gasteiger partial charge is 0.132 e. The highest BCUT2D eigenvalue weighted by molar-refractivity contribution is 5.37. The maximum absolute atomic E-state index is 9.54. The molecule has 1 saturated heterocycles. The van der Waals surface area contributed by atoms with Crippen LogP contribution in [0.15, 0.2) is 24.3 Å². The van der Waals surface area contributed by atoms with Crippen molar-refractivity contribution in [2.24, 2.45) is 0 Å². The zero-order valence-electron chi connectivity index (χ0n) is 10.5. The van der Waals surface area contributed by atoms with Crippen LogP contribution >= 0.6 is 0 Å². The predicted octanol–water partition coefficient (Wildman–Crippen LogP) is 1.20. The molecule has 0 radical (unpaired) electrons. The molecule has 18 heavy (non-hydrogen) atoms. The molecule has 1 atom stereocenters. The molecule has 1 aliphatic heterocycles. The van der Waals surface area contributed by atoms with E-state index < -0.39 is 5.54 Å². The Morgan fingerprint density at radius 1 is 1.17 bits per heavy atom. The summed E-state index contributed by atoms with van der Waals surface area (Å²) >= 11 is 0. The Morgan fingerprint density at radius 2 is 1.78 bits per heavy atom. The maximum atomic E-state index is 9.54. The van der Waals surface area contributed by atoms with E-state index in [4.69, 9.17) is 5.26 Å². The fourth-order valence-corrected chi connectivity index (χ4v) is 2.30. The lowest BCUT2D eigenvalue weighted by atomic mass is 9.90. The monoisotopic (exact) mass is 240 g/mol. The molecule has 92 valence electrons. The minimum absolute atomic E-state index is 0.615. The van der Waals surface area contributed by atoms with Gasteiger partial charge in [0.15, 0.2) is 0 Å². The molecule has 4 nitrogen and oxygen atoms in total. The van der Waals surface area contributed by atoms with Crippen molar-refractivity contribution in [3.05, 3.63) is 35.4 Å². The van der Waals surface area contributed by atoms with E-state index >= 15 is 0 Å². The average Bonchev–Trinajstić information content (AvgIpc) is 2.47. The Balaban J connectivity index is 2.30. The summed E-state index contributed by atoms with van der Waals surface area (Å²) in [5, 5.41) is 21.6. The van der Waals surface area contributed by atoms with Gasteiger partial charge in [-0.3, -0.25) is 4.90 Å². The summed E-state index contributed by atoms with van der Waals surface area (Å²) in [6.07, 6.45) is 0. The second-order valence-electron chi connectivity index (χ2n) is 4.61. The summed E-state index contributed by atoms with van der Waals surface area (Å²) < 4.78 is 0. The second kappa shape index (κ2) is 5.18. The highest BCUT2D eigenvalue weighted by atomic mass is 15.2. The standard InChI is InChI=1S/C14H16N4/c1-14(11-16,18-8-6-17-7-9-18)13-4-2-12(10-15)3-5-13/h2-5,17H,6-9H2,1H3. The zero-order chi connectivity index (χ0) is 13.0. The van der Waals surface area contributed by atoms with Crippen molar-refractivity contribution in [1.82, 2.24) is 10.2 Å². The molecule has 1 heterocycles. The number of hydrogen-bond acceptors (Lipinski definition) is 4. The number of rotatable bonds is 2. The van der Waals surface area contributed by atoms with Crippen molar-refractivity contribution in [3.63, 3.8) is 0 Å². The van der Waals surface area contributed by atoms with Gasteiger partial charge < -0.3 is 5.32 Å². The van der Waals surface area contributed by atoms with E-state index in [0.717, 1.165) is 31.7 Å². The molecule has 1 aromatic carbocycles. The van der Waals surface area contributed by atoms with Gasteiger partial charge in [0, 0.05) is 26.2 Å². The first kappa shape index (κ1) is 12.6. The summed E-state index contributed by atoms with van der Waals surface area (Å²) in [5.41, 5.74) is 0.959. The quantitative estimate of drug-likeness (QED) is 0.843. The van der Waals surface area contributed by atoms with Crippen molar-refractivity contribution in [1.29, 1.82) is 10.5 Å². The van der Waals surface area contributed by atoms with Crippen LogP contribution in [0.2, 0.25) is 0 Å². The molecule has 1 N–H and O–H groups in total. The molecule has 4 heteroatoms. The number of hydrogen-bond donors (Lipinski definition) is 1. The molecule has 1 fully saturated rings. The van der Waals surface area contributed by atoms with Gasteiger partial charge in [0.2, 0.25) is 0 Å². The second-order valence-corrected chi connectivity index (χ2v) is 4.61. The van der Waals surface area contributed by atoms with Gasteiger partial charge in [0.25, 0.3) is 0 Å². The molecule has 0 spiro atoms. The number of piperazine rings is 1. The Bertz CT molecular complexity index is 488. The van der Waals surface area contributed by atoms with Gasteiger partial charge in [0.1, 0.15) is 5.54 Å². The molecule has 1 aliphatic rings. The summed E-state index contributed by atoms with van der Waals surface area (Å²) in [5.74, 6) is 0. The number of benzene rings is 1. The largest absolute Gasteiger partial charge is 0.314 e. The third kappa shape index (κ3) is 2.22. The first-order valence-electron chi connectivity index (χ1n) is 6.08. The van der Waals surface area contributed by atoms with E-state index in [9.17, 15) is 5.26 Å². The topological polar surface area (TPSA) is 62.9 Å². The summed E-state index contributed by atoms with van der Waals surface area (Å²) in [4.78, 5) is 2.19. The van der Waals surface area contributed by atoms with Crippen molar-refractivity contribution < 1.29 is 0 Å². The molecule has 0 saturated carbocycles. The SMILES string of the molecule is CC(C#N)(c1ccc(C#N)cc1)N1CCNCC1. The highest BCUT2D eigenvalue weighted by Gasteiger charge is 2.34. The molecule has 0 aromatic heterocycles. The molecular formula is C14H16N4. The minimum atomic E-state index is -0.615. The Morgan fingerprint density at radius 3 is 2.28 bits per heavy atom. The Hall–Kier alpha value is -1.88. The van der Waals surface area contributed by atoms with Crippen molar-refractivity contribution in [2.45, 2.75) is 12.5 Å². The number of nitriles is 2. The summed E-state index contributed by atoms with van der Waals surface area (Å²) in [7, 11) is 0. The molecule has 0 amide bonds. The van der Waals surface area contributed by atoms with E-state index in [1.807, 2.05) is 19.1 Å². The average molecular weight is 240 g/mol. The van der Waals surface area contributed by atoms with Crippen LogP contribution in [-0.2, 0) is 5.54 Å². The molecule has 0 bridgehead atoms. The lowest BCUT2D eigenvalue weighted by Crippen LogP contribution is -2.52. The number of nitrogens with zero attached hydrogens (tertiary/aromatic N) is 3. The molecular weight excluding hydrogens is 224 g/mol. The van der Waals surface area contributed by atoms with Crippen LogP contribution in [0, 0.1) is 22.7 Å². The van der Waals surface area contributed by atoms with Crippen LogP contribution < -0.4 is 5.32 Å². The van der Waals surface area contributed by atoms with Crippen molar-refractivity contribution in [3.8, 4) is 12.1 Å². The normalized spacial score (nSPS) is 19.5. The third-order valence-electron chi connectivity index (χ3n) is 3.54. The van der Waals surface area contributed by atoms with Crippen LogP contribution in [-0.4, -0.2) is 31.1 Å². The van der Waals surface area contributed by atoms with Crippen LogP contribution in [0.5, 0.6) is 0 Å². The molecule has 2 rings (SSSR count). The fraction of sp³-hybridized carbons (Fsp3) is 0.429. The van der Waals surface area contributed by atoms with E-state index in [0.29, 0.717) is 5.56 Å². The van der Waals surface area contributed by atoms with Gasteiger partial charge in [-0.25, -0.2) is 0 Å². The van der Waals surface area contributed by atoms with Gasteiger partial charge in [-0.15, -0.1) is 0 Å². The predicted molar refractivity (Wildman–Crippen MR) is 68.6 cm³/mol. The maximum Gasteiger partial charge on any atom is 0.132 e. The van der Waals surface area contributed by atoms with Gasteiger partial charge in [-0.2, -0.15) is 10.5 Å². The molecule has 0 aliphatic carbocycles. The lowest BCUT2D eigenvalue weighted by Gasteiger charge is -2.39. The van der Waals surface area contributed by atoms with Crippen LogP contribution in [0.4, 0.5) is 0 Å². The van der Waals surface area contributed by atoms with Crippen LogP contribution in [0.25, 0.3) is 0 Å². The third-order valence-corrected chi connectivity index (χ3v) is 3.54. The number of nitrogens with one attached hydrogen (secondary N) is 1. The fourth-order valence-electron chi connectivity index (χ4n) is 2.30.